The van der Waals surface area contributed by atoms with Crippen molar-refractivity contribution in [3.8, 4) is 0 Å². The first-order chi connectivity index (χ1) is 10.6. The molecule has 8 nitrogen and oxygen atoms in total. The van der Waals surface area contributed by atoms with E-state index in [0.29, 0.717) is 4.47 Å². The Kier molecular flexibility index (Phi) is 5.27. The quantitative estimate of drug-likeness (QED) is 0.690. The first-order valence-corrected chi connectivity index (χ1v) is 9.28. The fourth-order valence-electron chi connectivity index (χ4n) is 1.99. The van der Waals surface area contributed by atoms with E-state index in [1.165, 1.54) is 21.6 Å². The Morgan fingerprint density at radius 2 is 1.70 bits per heavy atom. The lowest BCUT2D eigenvalue weighted by Crippen LogP contribution is -2.51. The van der Waals surface area contributed by atoms with E-state index in [0.717, 1.165) is 0 Å². The Bertz CT molecular complexity index is 664. The highest BCUT2D eigenvalue weighted by molar-refractivity contribution is 9.10. The maximum absolute atomic E-state index is 12.5. The molecule has 10 heteroatoms. The number of carbonyl (C=O) groups excluding carboxylic acids is 1. The van der Waals surface area contributed by atoms with Crippen LogP contribution in [0.3, 0.4) is 0 Å². The van der Waals surface area contributed by atoms with Gasteiger partial charge in [0.25, 0.3) is 15.2 Å². The summed E-state index contributed by atoms with van der Waals surface area (Å²) in [4.78, 5) is 21.2. The predicted molar refractivity (Wildman–Crippen MR) is 86.3 cm³/mol. The lowest BCUT2D eigenvalue weighted by atomic mass is 10.2. The van der Waals surface area contributed by atoms with E-state index in [2.05, 4.69) is 25.9 Å². The fourth-order valence-corrected chi connectivity index (χ4v) is 3.44. The molecule has 2 rings (SSSR count). The van der Waals surface area contributed by atoms with Gasteiger partial charge in [-0.15, -0.1) is 0 Å². The van der Waals surface area contributed by atoms with Crippen LogP contribution in [0, 0.1) is 0 Å². The molecule has 1 aromatic rings. The molecule has 1 aromatic heterocycles. The zero-order valence-electron chi connectivity index (χ0n) is 13.2. The number of nitrogens with zero attached hydrogens (tertiary/aromatic N) is 4. The van der Waals surface area contributed by atoms with Gasteiger partial charge in [-0.3, -0.25) is 0 Å². The molecular weight excluding hydrogens is 388 g/mol. The van der Waals surface area contributed by atoms with Crippen molar-refractivity contribution < 1.29 is 17.9 Å². The fraction of sp³-hybridized carbons (Fsp3) is 0.615. The summed E-state index contributed by atoms with van der Waals surface area (Å²) in [5, 5.41) is -0.244. The Morgan fingerprint density at radius 1 is 1.17 bits per heavy atom. The van der Waals surface area contributed by atoms with E-state index in [-0.39, 0.29) is 31.3 Å². The molecule has 23 heavy (non-hydrogen) atoms. The minimum absolute atomic E-state index is 0.182. The zero-order chi connectivity index (χ0) is 17.3. The summed E-state index contributed by atoms with van der Waals surface area (Å²) in [5.74, 6) is 0. The van der Waals surface area contributed by atoms with Gasteiger partial charge in [0.15, 0.2) is 0 Å². The molecule has 0 bridgehead atoms. The summed E-state index contributed by atoms with van der Waals surface area (Å²) >= 11 is 3.16. The van der Waals surface area contributed by atoms with Crippen molar-refractivity contribution >= 4 is 32.0 Å². The van der Waals surface area contributed by atoms with E-state index < -0.39 is 21.7 Å². The molecule has 1 fully saturated rings. The van der Waals surface area contributed by atoms with Crippen LogP contribution in [0.5, 0.6) is 0 Å². The lowest BCUT2D eigenvalue weighted by Gasteiger charge is -2.34. The third-order valence-corrected chi connectivity index (χ3v) is 5.18. The number of sulfonamides is 1. The molecule has 0 aliphatic carbocycles. The standard InChI is InChI=1S/C13H19BrN4O4S/c1-13(2,3)22-12(19)17-4-6-18(7-5-17)23(20,21)11-15-8-10(14)9-16-11/h8-9H,4-7H2,1-3H3. The molecule has 0 unspecified atom stereocenters. The second-order valence-electron chi connectivity index (χ2n) is 6.06. The van der Waals surface area contributed by atoms with Crippen LogP contribution in [-0.2, 0) is 14.8 Å². The van der Waals surface area contributed by atoms with Gasteiger partial charge in [-0.1, -0.05) is 0 Å². The summed E-state index contributed by atoms with van der Waals surface area (Å²) in [7, 11) is -3.75. The highest BCUT2D eigenvalue weighted by Gasteiger charge is 2.33. The topological polar surface area (TPSA) is 92.7 Å². The van der Waals surface area contributed by atoms with Crippen LogP contribution >= 0.6 is 15.9 Å². The van der Waals surface area contributed by atoms with Gasteiger partial charge in [0, 0.05) is 38.6 Å². The smallest absolute Gasteiger partial charge is 0.410 e. The third kappa shape index (κ3) is 4.61. The van der Waals surface area contributed by atoms with Crippen LogP contribution in [0.15, 0.2) is 22.0 Å². The van der Waals surface area contributed by atoms with Crippen molar-refractivity contribution in [3.05, 3.63) is 16.9 Å². The minimum atomic E-state index is -3.75. The van der Waals surface area contributed by atoms with Crippen molar-refractivity contribution in [1.29, 1.82) is 0 Å². The Morgan fingerprint density at radius 3 is 2.17 bits per heavy atom. The first kappa shape index (κ1) is 18.1. The predicted octanol–water partition coefficient (Wildman–Crippen LogP) is 1.48. The molecule has 0 spiro atoms. The van der Waals surface area contributed by atoms with Crippen LogP contribution in [-0.4, -0.2) is 65.5 Å². The van der Waals surface area contributed by atoms with Crippen molar-refractivity contribution in [2.45, 2.75) is 31.5 Å². The number of hydrogen-bond acceptors (Lipinski definition) is 6. The SMILES string of the molecule is CC(C)(C)OC(=O)N1CCN(S(=O)(=O)c2ncc(Br)cn2)CC1. The number of aromatic nitrogens is 2. The molecule has 1 amide bonds. The Labute approximate surface area is 144 Å². The molecule has 0 aromatic carbocycles. The maximum Gasteiger partial charge on any atom is 0.410 e. The van der Waals surface area contributed by atoms with Crippen LogP contribution in [0.2, 0.25) is 0 Å². The molecule has 0 radical (unpaired) electrons. The molecule has 2 heterocycles. The van der Waals surface area contributed by atoms with Gasteiger partial charge < -0.3 is 9.64 Å². The van der Waals surface area contributed by atoms with Crippen molar-refractivity contribution in [2.75, 3.05) is 26.2 Å². The van der Waals surface area contributed by atoms with E-state index in [1.54, 1.807) is 20.8 Å². The summed E-state index contributed by atoms with van der Waals surface area (Å²) in [6.07, 6.45) is 2.34. The highest BCUT2D eigenvalue weighted by atomic mass is 79.9. The average Bonchev–Trinajstić information content (AvgIpc) is 2.46. The minimum Gasteiger partial charge on any atom is -0.444 e. The summed E-state index contributed by atoms with van der Waals surface area (Å²) in [6.45, 7) is 6.26. The number of carbonyl (C=O) groups is 1. The van der Waals surface area contributed by atoms with Gasteiger partial charge in [-0.2, -0.15) is 4.31 Å². The summed E-state index contributed by atoms with van der Waals surface area (Å²) in [5.41, 5.74) is -0.578. The van der Waals surface area contributed by atoms with E-state index in [9.17, 15) is 13.2 Å². The van der Waals surface area contributed by atoms with Crippen LogP contribution in [0.1, 0.15) is 20.8 Å². The number of halogens is 1. The molecule has 0 saturated carbocycles. The first-order valence-electron chi connectivity index (χ1n) is 7.05. The van der Waals surface area contributed by atoms with Gasteiger partial charge in [-0.25, -0.2) is 23.2 Å². The summed E-state index contributed by atoms with van der Waals surface area (Å²) in [6, 6.07) is 0. The number of rotatable bonds is 2. The van der Waals surface area contributed by atoms with Gasteiger partial charge in [0.2, 0.25) is 0 Å². The molecule has 1 aliphatic heterocycles. The highest BCUT2D eigenvalue weighted by Crippen LogP contribution is 2.17. The molecule has 128 valence electrons. The van der Waals surface area contributed by atoms with Crippen molar-refractivity contribution in [1.82, 2.24) is 19.2 Å². The third-order valence-electron chi connectivity index (χ3n) is 3.06. The van der Waals surface area contributed by atoms with E-state index in [4.69, 9.17) is 4.74 Å². The Balaban J connectivity index is 2.01. The van der Waals surface area contributed by atoms with Gasteiger partial charge >= 0.3 is 6.09 Å². The zero-order valence-corrected chi connectivity index (χ0v) is 15.6. The molecule has 1 saturated heterocycles. The number of piperazine rings is 1. The largest absolute Gasteiger partial charge is 0.444 e. The molecule has 0 N–H and O–H groups in total. The second-order valence-corrected chi connectivity index (χ2v) is 8.80. The van der Waals surface area contributed by atoms with Crippen molar-refractivity contribution in [2.24, 2.45) is 0 Å². The van der Waals surface area contributed by atoms with E-state index >= 15 is 0 Å². The normalized spacial score (nSPS) is 17.1. The van der Waals surface area contributed by atoms with E-state index in [1.807, 2.05) is 0 Å². The van der Waals surface area contributed by atoms with Gasteiger partial charge in [-0.05, 0) is 36.7 Å². The van der Waals surface area contributed by atoms with Gasteiger partial charge in [0.05, 0.1) is 4.47 Å². The average molecular weight is 407 g/mol. The second kappa shape index (κ2) is 6.70. The van der Waals surface area contributed by atoms with Crippen LogP contribution in [0.25, 0.3) is 0 Å². The van der Waals surface area contributed by atoms with Crippen LogP contribution in [0.4, 0.5) is 4.79 Å². The van der Waals surface area contributed by atoms with Gasteiger partial charge in [0.1, 0.15) is 5.60 Å². The summed E-state index contributed by atoms with van der Waals surface area (Å²) < 4.78 is 32.1. The van der Waals surface area contributed by atoms with Crippen molar-refractivity contribution in [3.63, 3.8) is 0 Å². The number of amides is 1. The molecule has 0 atom stereocenters. The molecular formula is C13H19BrN4O4S. The number of ether oxygens (including phenoxy) is 1. The Hall–Kier alpha value is -1.26. The monoisotopic (exact) mass is 406 g/mol. The lowest BCUT2D eigenvalue weighted by molar-refractivity contribution is 0.0192. The number of hydrogen-bond donors (Lipinski definition) is 0. The van der Waals surface area contributed by atoms with Crippen LogP contribution < -0.4 is 0 Å². The molecule has 1 aliphatic rings. The maximum atomic E-state index is 12.5.